The van der Waals surface area contributed by atoms with Crippen LogP contribution in [0.2, 0.25) is 0 Å². The Kier molecular flexibility index (Phi) is 3.66. The summed E-state index contributed by atoms with van der Waals surface area (Å²) in [5, 5.41) is 0. The van der Waals surface area contributed by atoms with E-state index in [1.54, 1.807) is 7.11 Å². The summed E-state index contributed by atoms with van der Waals surface area (Å²) in [4.78, 5) is 10.5. The number of ether oxygens (including phenoxy) is 1. The molecule has 1 unspecified atom stereocenters. The second kappa shape index (κ2) is 5.21. The molecule has 1 fully saturated rings. The zero-order chi connectivity index (χ0) is 12.3. The molecule has 0 bridgehead atoms. The fourth-order valence-electron chi connectivity index (χ4n) is 2.39. The zero-order valence-corrected chi connectivity index (χ0v) is 10.5. The maximum Gasteiger partial charge on any atom is 0.204 e. The van der Waals surface area contributed by atoms with E-state index in [1.807, 2.05) is 0 Å². The maximum atomic E-state index is 5.80. The van der Waals surface area contributed by atoms with Crippen molar-refractivity contribution in [2.75, 3.05) is 30.8 Å². The van der Waals surface area contributed by atoms with Gasteiger partial charge in [-0.2, -0.15) is 0 Å². The Morgan fingerprint density at radius 3 is 3.06 bits per heavy atom. The highest BCUT2D eigenvalue weighted by Crippen LogP contribution is 2.33. The van der Waals surface area contributed by atoms with E-state index in [1.165, 1.54) is 25.6 Å². The van der Waals surface area contributed by atoms with E-state index in [0.717, 1.165) is 24.8 Å². The quantitative estimate of drug-likeness (QED) is 0.865. The van der Waals surface area contributed by atoms with Crippen LogP contribution in [0, 0.1) is 5.92 Å². The number of rotatable bonds is 3. The minimum atomic E-state index is 0.413. The summed E-state index contributed by atoms with van der Waals surface area (Å²) < 4.78 is 5.31. The van der Waals surface area contributed by atoms with Crippen LogP contribution < -0.4 is 15.4 Å². The van der Waals surface area contributed by atoms with Crippen molar-refractivity contribution in [1.29, 1.82) is 0 Å². The molecule has 5 nitrogen and oxygen atoms in total. The van der Waals surface area contributed by atoms with Gasteiger partial charge in [0.2, 0.25) is 5.75 Å². The summed E-state index contributed by atoms with van der Waals surface area (Å²) >= 11 is 0. The topological polar surface area (TPSA) is 64.3 Å². The van der Waals surface area contributed by atoms with Gasteiger partial charge in [0, 0.05) is 13.1 Å². The Hall–Kier alpha value is -1.52. The molecule has 1 saturated heterocycles. The lowest BCUT2D eigenvalue weighted by molar-refractivity contribution is 0.386. The molecule has 0 radical (unpaired) electrons. The molecule has 0 aromatic carbocycles. The van der Waals surface area contributed by atoms with Crippen LogP contribution in [0.15, 0.2) is 6.33 Å². The molecule has 1 aromatic rings. The van der Waals surface area contributed by atoms with Crippen LogP contribution >= 0.6 is 0 Å². The first-order valence-corrected chi connectivity index (χ1v) is 6.15. The van der Waals surface area contributed by atoms with Crippen molar-refractivity contribution in [3.05, 3.63) is 6.33 Å². The molecule has 0 saturated carbocycles. The molecular formula is C12H20N4O. The Morgan fingerprint density at radius 2 is 2.35 bits per heavy atom. The summed E-state index contributed by atoms with van der Waals surface area (Å²) in [5.74, 6) is 2.59. The van der Waals surface area contributed by atoms with Gasteiger partial charge in [0.1, 0.15) is 6.33 Å². The highest BCUT2D eigenvalue weighted by molar-refractivity contribution is 5.62. The van der Waals surface area contributed by atoms with Crippen molar-refractivity contribution in [3.8, 4) is 5.75 Å². The molecular weight excluding hydrogens is 216 g/mol. The Labute approximate surface area is 102 Å². The van der Waals surface area contributed by atoms with Gasteiger partial charge < -0.3 is 15.4 Å². The summed E-state index contributed by atoms with van der Waals surface area (Å²) in [6, 6.07) is 0. The Balaban J connectivity index is 2.24. The van der Waals surface area contributed by atoms with Gasteiger partial charge in [-0.1, -0.05) is 13.3 Å². The number of aromatic nitrogens is 2. The summed E-state index contributed by atoms with van der Waals surface area (Å²) in [6.45, 7) is 4.28. The van der Waals surface area contributed by atoms with E-state index in [9.17, 15) is 0 Å². The molecule has 1 atom stereocenters. The van der Waals surface area contributed by atoms with Crippen molar-refractivity contribution in [3.63, 3.8) is 0 Å². The van der Waals surface area contributed by atoms with E-state index in [-0.39, 0.29) is 0 Å². The monoisotopic (exact) mass is 236 g/mol. The number of methoxy groups -OCH3 is 1. The predicted octanol–water partition coefficient (Wildman–Crippen LogP) is 1.69. The van der Waals surface area contributed by atoms with Gasteiger partial charge in [-0.05, 0) is 18.8 Å². The molecule has 2 rings (SSSR count). The smallest absolute Gasteiger partial charge is 0.204 e. The number of hydrogen-bond donors (Lipinski definition) is 1. The van der Waals surface area contributed by atoms with Crippen molar-refractivity contribution in [1.82, 2.24) is 9.97 Å². The molecule has 0 spiro atoms. The SMILES string of the molecule is CCC1CCCN(c2ncnc(N)c2OC)C1. The second-order valence-electron chi connectivity index (χ2n) is 4.48. The first-order valence-electron chi connectivity index (χ1n) is 6.15. The van der Waals surface area contributed by atoms with Gasteiger partial charge >= 0.3 is 0 Å². The highest BCUT2D eigenvalue weighted by atomic mass is 16.5. The predicted molar refractivity (Wildman–Crippen MR) is 68.2 cm³/mol. The van der Waals surface area contributed by atoms with Gasteiger partial charge in [-0.25, -0.2) is 9.97 Å². The summed E-state index contributed by atoms with van der Waals surface area (Å²) in [6.07, 6.45) is 5.21. The molecule has 2 heterocycles. The lowest BCUT2D eigenvalue weighted by atomic mass is 9.96. The van der Waals surface area contributed by atoms with Crippen LogP contribution in [0.3, 0.4) is 0 Å². The summed E-state index contributed by atoms with van der Waals surface area (Å²) in [7, 11) is 1.61. The number of anilines is 2. The molecule has 5 heteroatoms. The lowest BCUT2D eigenvalue weighted by Crippen LogP contribution is -2.36. The zero-order valence-electron chi connectivity index (χ0n) is 10.5. The number of hydrogen-bond acceptors (Lipinski definition) is 5. The number of nitrogens with two attached hydrogens (primary N) is 1. The fourth-order valence-corrected chi connectivity index (χ4v) is 2.39. The van der Waals surface area contributed by atoms with Gasteiger partial charge in [0.25, 0.3) is 0 Å². The van der Waals surface area contributed by atoms with Crippen LogP contribution in [0.5, 0.6) is 5.75 Å². The average Bonchev–Trinajstić information content (AvgIpc) is 2.38. The van der Waals surface area contributed by atoms with E-state index in [0.29, 0.717) is 11.6 Å². The molecule has 1 aliphatic rings. The third-order valence-corrected chi connectivity index (χ3v) is 3.41. The van der Waals surface area contributed by atoms with E-state index >= 15 is 0 Å². The van der Waals surface area contributed by atoms with Crippen molar-refractivity contribution in [2.45, 2.75) is 26.2 Å². The number of nitrogens with zero attached hydrogens (tertiary/aromatic N) is 3. The normalized spacial score (nSPS) is 20.4. The minimum absolute atomic E-state index is 0.413. The van der Waals surface area contributed by atoms with Crippen LogP contribution in [0.1, 0.15) is 26.2 Å². The molecule has 1 aliphatic heterocycles. The van der Waals surface area contributed by atoms with Gasteiger partial charge in [0.15, 0.2) is 11.6 Å². The van der Waals surface area contributed by atoms with E-state index in [4.69, 9.17) is 10.5 Å². The molecule has 2 N–H and O–H groups in total. The first-order chi connectivity index (χ1) is 8.26. The van der Waals surface area contributed by atoms with Crippen molar-refractivity contribution in [2.24, 2.45) is 5.92 Å². The third-order valence-electron chi connectivity index (χ3n) is 3.41. The maximum absolute atomic E-state index is 5.80. The van der Waals surface area contributed by atoms with Crippen LogP contribution in [0.25, 0.3) is 0 Å². The highest BCUT2D eigenvalue weighted by Gasteiger charge is 2.23. The van der Waals surface area contributed by atoms with Crippen molar-refractivity contribution < 1.29 is 4.74 Å². The number of piperidine rings is 1. The first kappa shape index (κ1) is 12.0. The average molecular weight is 236 g/mol. The second-order valence-corrected chi connectivity index (χ2v) is 4.48. The lowest BCUT2D eigenvalue weighted by Gasteiger charge is -2.33. The van der Waals surface area contributed by atoms with Gasteiger partial charge in [0.05, 0.1) is 7.11 Å². The summed E-state index contributed by atoms with van der Waals surface area (Å²) in [5.41, 5.74) is 5.80. The molecule has 1 aromatic heterocycles. The van der Waals surface area contributed by atoms with Crippen LogP contribution in [0.4, 0.5) is 11.6 Å². The third kappa shape index (κ3) is 2.43. The van der Waals surface area contributed by atoms with E-state index < -0.39 is 0 Å². The standard InChI is InChI=1S/C12H20N4O/c1-3-9-5-4-6-16(7-9)12-10(17-2)11(13)14-8-15-12/h8-9H,3-7H2,1-2H3,(H2,13,14,15). The molecule has 0 aliphatic carbocycles. The van der Waals surface area contributed by atoms with Crippen molar-refractivity contribution >= 4 is 11.6 Å². The molecule has 94 valence electrons. The van der Waals surface area contributed by atoms with E-state index in [2.05, 4.69) is 21.8 Å². The van der Waals surface area contributed by atoms with Gasteiger partial charge in [-0.15, -0.1) is 0 Å². The fraction of sp³-hybridized carbons (Fsp3) is 0.667. The Morgan fingerprint density at radius 1 is 1.53 bits per heavy atom. The number of nitrogen functional groups attached to an aromatic ring is 1. The minimum Gasteiger partial charge on any atom is -0.490 e. The van der Waals surface area contributed by atoms with Crippen LogP contribution in [-0.2, 0) is 0 Å². The van der Waals surface area contributed by atoms with Crippen LogP contribution in [-0.4, -0.2) is 30.2 Å². The molecule has 17 heavy (non-hydrogen) atoms. The Bertz CT molecular complexity index is 383. The largest absolute Gasteiger partial charge is 0.490 e. The van der Waals surface area contributed by atoms with Gasteiger partial charge in [-0.3, -0.25) is 0 Å². The molecule has 0 amide bonds.